The van der Waals surface area contributed by atoms with E-state index in [-0.39, 0.29) is 17.4 Å². The molecule has 6 heteroatoms. The van der Waals surface area contributed by atoms with Crippen LogP contribution in [0.25, 0.3) is 6.08 Å². The minimum absolute atomic E-state index is 0.195. The molecule has 0 spiro atoms. The number of carboxylic acids is 1. The van der Waals surface area contributed by atoms with Crippen LogP contribution in [0.1, 0.15) is 11.1 Å². The lowest BCUT2D eigenvalue weighted by molar-refractivity contribution is -0.131. The zero-order chi connectivity index (χ0) is 16.8. The first-order chi connectivity index (χ1) is 11.0. The van der Waals surface area contributed by atoms with Crippen molar-refractivity contribution in [1.82, 2.24) is 0 Å². The number of carbonyl (C=O) groups is 1. The Labute approximate surface area is 137 Å². The first kappa shape index (κ1) is 16.8. The third-order valence-corrected chi connectivity index (χ3v) is 3.25. The summed E-state index contributed by atoms with van der Waals surface area (Å²) in [5.41, 5.74) is 1.35. The lowest BCUT2D eigenvalue weighted by Gasteiger charge is -2.13. The van der Waals surface area contributed by atoms with Crippen LogP contribution in [0.5, 0.6) is 11.5 Å². The summed E-state index contributed by atoms with van der Waals surface area (Å²) in [7, 11) is 1.46. The Hall–Kier alpha value is -2.53. The summed E-state index contributed by atoms with van der Waals surface area (Å²) < 4.78 is 23.8. The van der Waals surface area contributed by atoms with Crippen molar-refractivity contribution in [2.24, 2.45) is 0 Å². The van der Waals surface area contributed by atoms with Crippen LogP contribution >= 0.6 is 11.6 Å². The molecule has 0 radical (unpaired) electrons. The van der Waals surface area contributed by atoms with Gasteiger partial charge in [-0.2, -0.15) is 0 Å². The quantitative estimate of drug-likeness (QED) is 0.805. The fourth-order valence-electron chi connectivity index (χ4n) is 1.88. The highest BCUT2D eigenvalue weighted by atomic mass is 35.5. The molecule has 2 aromatic rings. The highest BCUT2D eigenvalue weighted by Gasteiger charge is 2.12. The lowest BCUT2D eigenvalue weighted by atomic mass is 10.2. The van der Waals surface area contributed by atoms with E-state index in [0.29, 0.717) is 17.1 Å². The van der Waals surface area contributed by atoms with Crippen LogP contribution in [0.3, 0.4) is 0 Å². The van der Waals surface area contributed by atoms with E-state index < -0.39 is 5.97 Å². The summed E-state index contributed by atoms with van der Waals surface area (Å²) >= 11 is 6.17. The third-order valence-electron chi connectivity index (χ3n) is 2.97. The van der Waals surface area contributed by atoms with Gasteiger partial charge in [0.1, 0.15) is 12.4 Å². The lowest BCUT2D eigenvalue weighted by Crippen LogP contribution is -1.99. The summed E-state index contributed by atoms with van der Waals surface area (Å²) in [6.45, 7) is 0.195. The van der Waals surface area contributed by atoms with Gasteiger partial charge in [0.2, 0.25) is 0 Å². The molecule has 0 aliphatic carbocycles. The highest BCUT2D eigenvalue weighted by molar-refractivity contribution is 6.32. The Bertz CT molecular complexity index is 726. The van der Waals surface area contributed by atoms with Gasteiger partial charge in [-0.05, 0) is 41.5 Å². The van der Waals surface area contributed by atoms with E-state index in [1.54, 1.807) is 24.3 Å². The van der Waals surface area contributed by atoms with Crippen molar-refractivity contribution in [3.8, 4) is 11.5 Å². The third kappa shape index (κ3) is 4.72. The maximum absolute atomic E-state index is 12.9. The first-order valence-corrected chi connectivity index (χ1v) is 7.03. The molecule has 0 bridgehead atoms. The van der Waals surface area contributed by atoms with E-state index >= 15 is 0 Å². The average molecular weight is 337 g/mol. The number of benzene rings is 2. The topological polar surface area (TPSA) is 55.8 Å². The summed E-state index contributed by atoms with van der Waals surface area (Å²) in [4.78, 5) is 10.6. The Morgan fingerprint density at radius 3 is 2.61 bits per heavy atom. The molecular formula is C17H14ClFO4. The smallest absolute Gasteiger partial charge is 0.328 e. The van der Waals surface area contributed by atoms with Gasteiger partial charge >= 0.3 is 5.97 Å². The number of hydrogen-bond donors (Lipinski definition) is 1. The maximum atomic E-state index is 12.9. The Balaban J connectivity index is 2.20. The minimum atomic E-state index is -1.06. The molecule has 4 nitrogen and oxygen atoms in total. The monoisotopic (exact) mass is 336 g/mol. The van der Waals surface area contributed by atoms with Crippen LogP contribution in [0.2, 0.25) is 5.02 Å². The van der Waals surface area contributed by atoms with Gasteiger partial charge in [-0.3, -0.25) is 0 Å². The van der Waals surface area contributed by atoms with Crippen molar-refractivity contribution >= 4 is 23.6 Å². The average Bonchev–Trinajstić information content (AvgIpc) is 2.53. The number of halogens is 2. The molecular weight excluding hydrogens is 323 g/mol. The van der Waals surface area contributed by atoms with Crippen molar-refractivity contribution in [2.45, 2.75) is 6.61 Å². The molecule has 120 valence electrons. The Morgan fingerprint density at radius 1 is 1.30 bits per heavy atom. The molecule has 0 saturated carbocycles. The van der Waals surface area contributed by atoms with Crippen molar-refractivity contribution in [3.05, 3.63) is 64.4 Å². The zero-order valence-corrected chi connectivity index (χ0v) is 13.0. The Kier molecular flexibility index (Phi) is 5.60. The van der Waals surface area contributed by atoms with Gasteiger partial charge in [-0.1, -0.05) is 23.7 Å². The summed E-state index contributed by atoms with van der Waals surface area (Å²) in [6, 6.07) is 9.10. The molecule has 23 heavy (non-hydrogen) atoms. The van der Waals surface area contributed by atoms with Crippen molar-refractivity contribution in [1.29, 1.82) is 0 Å². The first-order valence-electron chi connectivity index (χ1n) is 6.65. The second-order valence-corrected chi connectivity index (χ2v) is 5.03. The molecule has 0 unspecified atom stereocenters. The van der Waals surface area contributed by atoms with Gasteiger partial charge in [-0.15, -0.1) is 0 Å². The number of aliphatic carboxylic acids is 1. The molecule has 2 rings (SSSR count). The second-order valence-electron chi connectivity index (χ2n) is 4.62. The van der Waals surface area contributed by atoms with E-state index in [0.717, 1.165) is 11.6 Å². The number of rotatable bonds is 6. The minimum Gasteiger partial charge on any atom is -0.493 e. The molecule has 0 aromatic heterocycles. The SMILES string of the molecule is COc1cc(/C=C/C(=O)O)cc(Cl)c1OCc1ccc(F)cc1. The highest BCUT2D eigenvalue weighted by Crippen LogP contribution is 2.37. The van der Waals surface area contributed by atoms with Crippen LogP contribution in [0, 0.1) is 5.82 Å². The Morgan fingerprint density at radius 2 is 2.00 bits per heavy atom. The molecule has 0 amide bonds. The van der Waals surface area contributed by atoms with E-state index in [1.165, 1.54) is 25.3 Å². The van der Waals surface area contributed by atoms with Crippen molar-refractivity contribution in [2.75, 3.05) is 7.11 Å². The van der Waals surface area contributed by atoms with Crippen molar-refractivity contribution in [3.63, 3.8) is 0 Å². The van der Waals surface area contributed by atoms with E-state index in [4.69, 9.17) is 26.2 Å². The largest absolute Gasteiger partial charge is 0.493 e. The van der Waals surface area contributed by atoms with Gasteiger partial charge in [-0.25, -0.2) is 9.18 Å². The molecule has 1 N–H and O–H groups in total. The van der Waals surface area contributed by atoms with Gasteiger partial charge < -0.3 is 14.6 Å². The van der Waals surface area contributed by atoms with Gasteiger partial charge in [0.05, 0.1) is 12.1 Å². The number of carboxylic acid groups (broad SMARTS) is 1. The molecule has 0 saturated heterocycles. The van der Waals surface area contributed by atoms with Crippen LogP contribution in [0.4, 0.5) is 4.39 Å². The van der Waals surface area contributed by atoms with Crippen molar-refractivity contribution < 1.29 is 23.8 Å². The molecule has 2 aromatic carbocycles. The fraction of sp³-hybridized carbons (Fsp3) is 0.118. The second kappa shape index (κ2) is 7.65. The fourth-order valence-corrected chi connectivity index (χ4v) is 2.15. The van der Waals surface area contributed by atoms with Gasteiger partial charge in [0.25, 0.3) is 0 Å². The molecule has 0 atom stereocenters. The van der Waals surface area contributed by atoms with Crippen LogP contribution in [-0.4, -0.2) is 18.2 Å². The number of methoxy groups -OCH3 is 1. The normalized spacial score (nSPS) is 10.7. The summed E-state index contributed by atoms with van der Waals surface area (Å²) in [6.07, 6.45) is 2.41. The maximum Gasteiger partial charge on any atom is 0.328 e. The van der Waals surface area contributed by atoms with Crippen LogP contribution in [-0.2, 0) is 11.4 Å². The predicted molar refractivity (Wildman–Crippen MR) is 85.4 cm³/mol. The van der Waals surface area contributed by atoms with Gasteiger partial charge in [0, 0.05) is 6.08 Å². The number of ether oxygens (including phenoxy) is 2. The number of hydrogen-bond acceptors (Lipinski definition) is 3. The summed E-state index contributed by atoms with van der Waals surface area (Å²) in [5, 5.41) is 8.94. The molecule has 0 aliphatic heterocycles. The van der Waals surface area contributed by atoms with Crippen LogP contribution in [0.15, 0.2) is 42.5 Å². The van der Waals surface area contributed by atoms with E-state index in [1.807, 2.05) is 0 Å². The molecule has 0 heterocycles. The van der Waals surface area contributed by atoms with E-state index in [2.05, 4.69) is 0 Å². The predicted octanol–water partition coefficient (Wildman–Crippen LogP) is 4.16. The van der Waals surface area contributed by atoms with Gasteiger partial charge in [0.15, 0.2) is 11.5 Å². The standard InChI is InChI=1S/C17H14ClFO4/c1-22-15-9-12(4-7-16(20)21)8-14(18)17(15)23-10-11-2-5-13(19)6-3-11/h2-9H,10H2,1H3,(H,20,21)/b7-4+. The molecule has 0 aliphatic rings. The van der Waals surface area contributed by atoms with E-state index in [9.17, 15) is 9.18 Å². The van der Waals surface area contributed by atoms with Crippen LogP contribution < -0.4 is 9.47 Å². The summed E-state index contributed by atoms with van der Waals surface area (Å²) in [5.74, 6) is -0.661. The zero-order valence-electron chi connectivity index (χ0n) is 12.3. The molecule has 0 fully saturated rings.